The number of fused-ring (bicyclic) bond motifs is 1. The Labute approximate surface area is 189 Å². The van der Waals surface area contributed by atoms with Gasteiger partial charge in [-0.2, -0.15) is 0 Å². The van der Waals surface area contributed by atoms with E-state index in [1.54, 1.807) is 24.1 Å². The second kappa shape index (κ2) is 8.73. The topological polar surface area (TPSA) is 97.6 Å². The fourth-order valence-electron chi connectivity index (χ4n) is 3.81. The summed E-state index contributed by atoms with van der Waals surface area (Å²) in [6.45, 7) is 10.1. The van der Waals surface area contributed by atoms with Gasteiger partial charge in [-0.3, -0.25) is 15.0 Å². The molecule has 0 saturated carbocycles. The number of hydrogen-bond acceptors (Lipinski definition) is 5. The van der Waals surface area contributed by atoms with Crippen molar-refractivity contribution in [1.82, 2.24) is 14.8 Å². The molecule has 0 spiro atoms. The number of amidine groups is 1. The molecule has 1 aromatic carbocycles. The van der Waals surface area contributed by atoms with Gasteiger partial charge in [0.25, 0.3) is 0 Å². The number of Topliss-reactive ketones (excluding diaryl/α,β-unsaturated/α-hetero) is 1. The number of aryl methyl sites for hydroxylation is 1. The number of rotatable bonds is 6. The molecule has 7 nitrogen and oxygen atoms in total. The third kappa shape index (κ3) is 4.66. The Morgan fingerprint density at radius 1 is 1.25 bits per heavy atom. The molecule has 1 amide bonds. The molecule has 1 aliphatic rings. The first kappa shape index (κ1) is 23.4. The summed E-state index contributed by atoms with van der Waals surface area (Å²) in [5.41, 5.74) is 3.78. The summed E-state index contributed by atoms with van der Waals surface area (Å²) < 4.78 is 0. The lowest BCUT2D eigenvalue weighted by molar-refractivity contribution is -0.128. The minimum Gasteiger partial charge on any atom is -0.507 e. The van der Waals surface area contributed by atoms with Crippen LogP contribution in [0.5, 0.6) is 5.75 Å². The van der Waals surface area contributed by atoms with Gasteiger partial charge in [-0.1, -0.05) is 33.8 Å². The molecule has 0 atom stereocenters. The molecule has 1 aliphatic heterocycles. The Morgan fingerprint density at radius 2 is 1.94 bits per heavy atom. The molecule has 2 aromatic rings. The Balaban J connectivity index is 1.90. The van der Waals surface area contributed by atoms with Gasteiger partial charge in [-0.25, -0.2) is 4.98 Å². The van der Waals surface area contributed by atoms with Crippen LogP contribution >= 0.6 is 0 Å². The second-order valence-corrected chi connectivity index (χ2v) is 9.45. The minimum atomic E-state index is -0.388. The first-order valence-electron chi connectivity index (χ1n) is 10.9. The first-order valence-corrected chi connectivity index (χ1v) is 10.9. The van der Waals surface area contributed by atoms with Crippen molar-refractivity contribution in [3.8, 4) is 5.75 Å². The van der Waals surface area contributed by atoms with E-state index in [0.29, 0.717) is 28.9 Å². The van der Waals surface area contributed by atoms with Crippen LogP contribution < -0.4 is 0 Å². The molecule has 0 bridgehead atoms. The standard InChI is InChI=1S/C25H32N4O3/c1-7-19-9-8-16-13-29(24(26)22(16)27-19)14-21(31)17-10-18(12-28(6)15(2)30)23(32)20(11-17)25(3,4)5/h8-11,26,32H,7,12-14H2,1-6H3. The molecule has 0 fully saturated rings. The van der Waals surface area contributed by atoms with Crippen molar-refractivity contribution >= 4 is 17.5 Å². The van der Waals surface area contributed by atoms with Crippen molar-refractivity contribution in [2.24, 2.45) is 0 Å². The molecule has 3 rings (SSSR count). The van der Waals surface area contributed by atoms with Crippen molar-refractivity contribution in [3.05, 3.63) is 57.9 Å². The SMILES string of the molecule is CCc1ccc2c(n1)C(=N)N(CC(=O)c1cc(CN(C)C(C)=O)c(O)c(C(C)(C)C)c1)C2. The Kier molecular flexibility index (Phi) is 6.39. The van der Waals surface area contributed by atoms with E-state index >= 15 is 0 Å². The number of phenolic OH excluding ortho intramolecular Hbond substituents is 1. The summed E-state index contributed by atoms with van der Waals surface area (Å²) in [4.78, 5) is 32.8. The number of hydrogen-bond donors (Lipinski definition) is 2. The number of phenols is 1. The summed E-state index contributed by atoms with van der Waals surface area (Å²) in [7, 11) is 1.66. The largest absolute Gasteiger partial charge is 0.507 e. The third-order valence-electron chi connectivity index (χ3n) is 5.90. The highest BCUT2D eigenvalue weighted by Gasteiger charge is 2.29. The van der Waals surface area contributed by atoms with Gasteiger partial charge in [0.05, 0.1) is 6.54 Å². The summed E-state index contributed by atoms with van der Waals surface area (Å²) in [5.74, 6) is 0.103. The average molecular weight is 437 g/mol. The smallest absolute Gasteiger partial charge is 0.219 e. The van der Waals surface area contributed by atoms with Gasteiger partial charge in [0, 0.05) is 55.0 Å². The molecule has 2 heterocycles. The van der Waals surface area contributed by atoms with Gasteiger partial charge in [0.15, 0.2) is 5.78 Å². The van der Waals surface area contributed by atoms with E-state index in [1.165, 1.54) is 11.8 Å². The van der Waals surface area contributed by atoms with Crippen LogP contribution in [0.15, 0.2) is 24.3 Å². The zero-order valence-electron chi connectivity index (χ0n) is 19.7. The number of nitrogens with zero attached hydrogens (tertiary/aromatic N) is 3. The molecule has 7 heteroatoms. The normalized spacial score (nSPS) is 13.3. The number of nitrogens with one attached hydrogen (secondary N) is 1. The number of aromatic hydroxyl groups is 1. The van der Waals surface area contributed by atoms with Crippen LogP contribution in [0.2, 0.25) is 0 Å². The number of carbonyl (C=O) groups excluding carboxylic acids is 2. The van der Waals surface area contributed by atoms with Crippen LogP contribution in [0, 0.1) is 5.41 Å². The Bertz CT molecular complexity index is 1090. The van der Waals surface area contributed by atoms with Crippen molar-refractivity contribution in [2.45, 2.75) is 59.5 Å². The number of carbonyl (C=O) groups is 2. The van der Waals surface area contributed by atoms with Crippen LogP contribution in [0.25, 0.3) is 0 Å². The van der Waals surface area contributed by atoms with Gasteiger partial charge in [-0.05, 0) is 30.0 Å². The Morgan fingerprint density at radius 3 is 2.53 bits per heavy atom. The second-order valence-electron chi connectivity index (χ2n) is 9.45. The molecule has 0 unspecified atom stereocenters. The van der Waals surface area contributed by atoms with Crippen LogP contribution in [-0.4, -0.2) is 51.0 Å². The van der Waals surface area contributed by atoms with E-state index in [0.717, 1.165) is 17.7 Å². The number of benzene rings is 1. The lowest BCUT2D eigenvalue weighted by Gasteiger charge is -2.25. The van der Waals surface area contributed by atoms with Crippen LogP contribution in [0.4, 0.5) is 0 Å². The predicted octanol–water partition coefficient (Wildman–Crippen LogP) is 3.65. The lowest BCUT2D eigenvalue weighted by atomic mass is 9.83. The van der Waals surface area contributed by atoms with E-state index in [9.17, 15) is 14.7 Å². The van der Waals surface area contributed by atoms with Gasteiger partial charge in [-0.15, -0.1) is 0 Å². The van der Waals surface area contributed by atoms with Crippen molar-refractivity contribution in [2.75, 3.05) is 13.6 Å². The third-order valence-corrected chi connectivity index (χ3v) is 5.90. The van der Waals surface area contributed by atoms with Crippen molar-refractivity contribution in [1.29, 1.82) is 5.41 Å². The van der Waals surface area contributed by atoms with Gasteiger partial charge in [0.2, 0.25) is 5.91 Å². The zero-order valence-corrected chi connectivity index (χ0v) is 19.7. The minimum absolute atomic E-state index is 0.0486. The van der Waals surface area contributed by atoms with Gasteiger partial charge < -0.3 is 14.9 Å². The van der Waals surface area contributed by atoms with E-state index in [4.69, 9.17) is 5.41 Å². The molecule has 2 N–H and O–H groups in total. The molecular weight excluding hydrogens is 404 g/mol. The molecule has 32 heavy (non-hydrogen) atoms. The number of ketones is 1. The average Bonchev–Trinajstić information content (AvgIpc) is 3.03. The van der Waals surface area contributed by atoms with E-state index in [-0.39, 0.29) is 41.8 Å². The van der Waals surface area contributed by atoms with E-state index in [2.05, 4.69) is 4.98 Å². The highest BCUT2D eigenvalue weighted by molar-refractivity contribution is 6.04. The molecule has 0 aliphatic carbocycles. The van der Waals surface area contributed by atoms with E-state index < -0.39 is 0 Å². The van der Waals surface area contributed by atoms with Gasteiger partial charge in [0.1, 0.15) is 17.3 Å². The van der Waals surface area contributed by atoms with Crippen molar-refractivity contribution < 1.29 is 14.7 Å². The van der Waals surface area contributed by atoms with Crippen LogP contribution in [-0.2, 0) is 29.7 Å². The summed E-state index contributed by atoms with van der Waals surface area (Å²) >= 11 is 0. The summed E-state index contributed by atoms with van der Waals surface area (Å²) in [6.07, 6.45) is 0.792. The number of amides is 1. The maximum Gasteiger partial charge on any atom is 0.219 e. The summed E-state index contributed by atoms with van der Waals surface area (Å²) in [6, 6.07) is 7.33. The van der Waals surface area contributed by atoms with E-state index in [1.807, 2.05) is 39.8 Å². The number of pyridine rings is 1. The summed E-state index contributed by atoms with van der Waals surface area (Å²) in [5, 5.41) is 19.4. The van der Waals surface area contributed by atoms with Gasteiger partial charge >= 0.3 is 0 Å². The van der Waals surface area contributed by atoms with Crippen LogP contribution in [0.1, 0.15) is 73.1 Å². The molecular formula is C25H32N4O3. The van der Waals surface area contributed by atoms with Crippen LogP contribution in [0.3, 0.4) is 0 Å². The maximum atomic E-state index is 13.3. The molecule has 1 aromatic heterocycles. The monoisotopic (exact) mass is 436 g/mol. The lowest BCUT2D eigenvalue weighted by Crippen LogP contribution is -2.31. The number of aromatic nitrogens is 1. The maximum absolute atomic E-state index is 13.3. The molecule has 170 valence electrons. The highest BCUT2D eigenvalue weighted by Crippen LogP contribution is 2.35. The quantitative estimate of drug-likeness (QED) is 0.674. The molecule has 0 radical (unpaired) electrons. The first-order chi connectivity index (χ1) is 14.9. The zero-order chi connectivity index (χ0) is 23.8. The fraction of sp³-hybridized carbons (Fsp3) is 0.440. The van der Waals surface area contributed by atoms with Crippen molar-refractivity contribution in [3.63, 3.8) is 0 Å². The fourth-order valence-corrected chi connectivity index (χ4v) is 3.81. The Hall–Kier alpha value is -3.22. The highest BCUT2D eigenvalue weighted by atomic mass is 16.3. The molecule has 0 saturated heterocycles. The predicted molar refractivity (Wildman–Crippen MR) is 124 cm³/mol.